The van der Waals surface area contributed by atoms with Crippen molar-refractivity contribution in [3.63, 3.8) is 0 Å². The number of ether oxygens (including phenoxy) is 1. The molecule has 8 heteroatoms. The number of aromatic nitrogens is 2. The Morgan fingerprint density at radius 2 is 2.27 bits per heavy atom. The molecule has 1 aromatic heterocycles. The zero-order valence-corrected chi connectivity index (χ0v) is 14.4. The maximum Gasteiger partial charge on any atom is 0.319 e. The lowest BCUT2D eigenvalue weighted by Crippen LogP contribution is -2.08. The number of nitrogens with one attached hydrogen (secondary N) is 1. The number of anilines is 2. The van der Waals surface area contributed by atoms with Crippen LogP contribution in [0.2, 0.25) is 5.02 Å². The van der Waals surface area contributed by atoms with Crippen molar-refractivity contribution in [1.29, 1.82) is 0 Å². The van der Waals surface area contributed by atoms with Crippen molar-refractivity contribution in [2.75, 3.05) is 5.32 Å². The molecule has 5 nitrogen and oxygen atoms in total. The first-order valence-electron chi connectivity index (χ1n) is 6.75. The van der Waals surface area contributed by atoms with Gasteiger partial charge in [0, 0.05) is 17.1 Å². The van der Waals surface area contributed by atoms with E-state index >= 15 is 0 Å². The van der Waals surface area contributed by atoms with Gasteiger partial charge in [0.1, 0.15) is 11.4 Å². The highest BCUT2D eigenvalue weighted by Gasteiger charge is 2.33. The number of hydrogen-bond acceptors (Lipinski definition) is 7. The van der Waals surface area contributed by atoms with E-state index in [0.29, 0.717) is 16.6 Å². The van der Waals surface area contributed by atoms with Crippen LogP contribution < -0.4 is 5.32 Å². The summed E-state index contributed by atoms with van der Waals surface area (Å²) in [5.41, 5.74) is 1.86. The highest BCUT2D eigenvalue weighted by atomic mass is 35.5. The van der Waals surface area contributed by atoms with Gasteiger partial charge in [0.05, 0.1) is 0 Å². The minimum Gasteiger partial charge on any atom is -0.462 e. The van der Waals surface area contributed by atoms with Crippen molar-refractivity contribution in [3.05, 3.63) is 28.8 Å². The maximum absolute atomic E-state index is 11.7. The molecule has 2 atom stereocenters. The number of halogens is 1. The summed E-state index contributed by atoms with van der Waals surface area (Å²) in [5, 5.41) is 12.6. The molecule has 2 heterocycles. The Bertz CT molecular complexity index is 707. The quantitative estimate of drug-likeness (QED) is 0.835. The number of carbonyl (C=O) groups excluding carboxylic acids is 1. The molecule has 0 unspecified atom stereocenters. The van der Waals surface area contributed by atoms with Crippen molar-refractivity contribution >= 4 is 51.5 Å². The number of benzene rings is 1. The van der Waals surface area contributed by atoms with Gasteiger partial charge in [0.15, 0.2) is 4.34 Å². The van der Waals surface area contributed by atoms with E-state index in [-0.39, 0.29) is 17.3 Å². The second kappa shape index (κ2) is 6.44. The van der Waals surface area contributed by atoms with Gasteiger partial charge in [-0.25, -0.2) is 0 Å². The van der Waals surface area contributed by atoms with Crippen molar-refractivity contribution in [1.82, 2.24) is 10.2 Å². The molecular formula is C14H14ClN3O2S2. The van der Waals surface area contributed by atoms with Gasteiger partial charge < -0.3 is 10.1 Å². The predicted octanol–water partition coefficient (Wildman–Crippen LogP) is 4.04. The van der Waals surface area contributed by atoms with Crippen LogP contribution in [-0.2, 0) is 9.53 Å². The number of nitrogens with zero attached hydrogens (tertiary/aromatic N) is 2. The lowest BCUT2D eigenvalue weighted by Gasteiger charge is -2.07. The van der Waals surface area contributed by atoms with Crippen LogP contribution in [0.15, 0.2) is 22.5 Å². The number of thioether (sulfide) groups is 1. The lowest BCUT2D eigenvalue weighted by molar-refractivity contribution is -0.140. The van der Waals surface area contributed by atoms with Crippen molar-refractivity contribution in [2.45, 2.75) is 36.0 Å². The van der Waals surface area contributed by atoms with Crippen molar-refractivity contribution < 1.29 is 9.53 Å². The number of cyclic esters (lactones) is 1. The van der Waals surface area contributed by atoms with Crippen LogP contribution in [0.1, 0.15) is 18.9 Å². The van der Waals surface area contributed by atoms with E-state index in [1.807, 2.05) is 32.0 Å². The fraction of sp³-hybridized carbons (Fsp3) is 0.357. The summed E-state index contributed by atoms with van der Waals surface area (Å²) in [6.07, 6.45) is 0.684. The van der Waals surface area contributed by atoms with Gasteiger partial charge in [-0.3, -0.25) is 4.79 Å². The van der Waals surface area contributed by atoms with Gasteiger partial charge in [-0.1, -0.05) is 40.8 Å². The molecule has 0 bridgehead atoms. The fourth-order valence-electron chi connectivity index (χ4n) is 2.10. The van der Waals surface area contributed by atoms with E-state index in [0.717, 1.165) is 15.6 Å². The Balaban J connectivity index is 1.69. The first-order chi connectivity index (χ1) is 10.5. The molecule has 3 rings (SSSR count). The average molecular weight is 356 g/mol. The highest BCUT2D eigenvalue weighted by Crippen LogP contribution is 2.36. The van der Waals surface area contributed by atoms with Crippen LogP contribution in [0.25, 0.3) is 0 Å². The highest BCUT2D eigenvalue weighted by molar-refractivity contribution is 8.02. The summed E-state index contributed by atoms with van der Waals surface area (Å²) in [6, 6.07) is 5.66. The van der Waals surface area contributed by atoms with Gasteiger partial charge in [-0.2, -0.15) is 0 Å². The Morgan fingerprint density at radius 3 is 3.00 bits per heavy atom. The minimum atomic E-state index is -0.191. The molecule has 0 aliphatic carbocycles. The van der Waals surface area contributed by atoms with E-state index in [2.05, 4.69) is 15.5 Å². The van der Waals surface area contributed by atoms with E-state index in [1.165, 1.54) is 23.1 Å². The Morgan fingerprint density at radius 1 is 1.45 bits per heavy atom. The van der Waals surface area contributed by atoms with Gasteiger partial charge in [-0.05, 0) is 31.5 Å². The molecule has 1 fully saturated rings. The van der Waals surface area contributed by atoms with Gasteiger partial charge in [0.25, 0.3) is 0 Å². The number of esters is 1. The van der Waals surface area contributed by atoms with Crippen LogP contribution in [0.3, 0.4) is 0 Å². The average Bonchev–Trinajstić information content (AvgIpc) is 3.03. The summed E-state index contributed by atoms with van der Waals surface area (Å²) in [5.74, 6) is -0.173. The molecule has 0 spiro atoms. The van der Waals surface area contributed by atoms with E-state index in [9.17, 15) is 4.79 Å². The Labute approximate surface area is 141 Å². The van der Waals surface area contributed by atoms with Crippen LogP contribution in [0.4, 0.5) is 10.8 Å². The fourth-order valence-corrected chi connectivity index (χ4v) is 4.40. The molecule has 2 aromatic rings. The third-order valence-electron chi connectivity index (χ3n) is 3.29. The van der Waals surface area contributed by atoms with Crippen LogP contribution in [-0.4, -0.2) is 27.5 Å². The van der Waals surface area contributed by atoms with E-state index in [4.69, 9.17) is 16.3 Å². The third-order valence-corrected chi connectivity index (χ3v) is 5.82. The molecule has 0 amide bonds. The summed E-state index contributed by atoms with van der Waals surface area (Å²) in [7, 11) is 0. The number of rotatable bonds is 4. The third kappa shape index (κ3) is 3.37. The molecule has 1 aromatic carbocycles. The monoisotopic (exact) mass is 355 g/mol. The smallest absolute Gasteiger partial charge is 0.319 e. The van der Waals surface area contributed by atoms with Crippen LogP contribution in [0.5, 0.6) is 0 Å². The predicted molar refractivity (Wildman–Crippen MR) is 89.2 cm³/mol. The second-order valence-electron chi connectivity index (χ2n) is 5.00. The molecule has 0 radical (unpaired) electrons. The summed E-state index contributed by atoms with van der Waals surface area (Å²) in [4.78, 5) is 11.7. The number of carbonyl (C=O) groups is 1. The zero-order chi connectivity index (χ0) is 15.7. The second-order valence-corrected chi connectivity index (χ2v) is 7.83. The number of hydrogen-bond donors (Lipinski definition) is 1. The largest absolute Gasteiger partial charge is 0.462 e. The molecule has 1 N–H and O–H groups in total. The molecule has 0 saturated carbocycles. The first-order valence-corrected chi connectivity index (χ1v) is 8.83. The van der Waals surface area contributed by atoms with Crippen molar-refractivity contribution in [2.24, 2.45) is 0 Å². The molecular weight excluding hydrogens is 342 g/mol. The molecule has 116 valence electrons. The minimum absolute atomic E-state index is 0.0235. The Kier molecular flexibility index (Phi) is 4.56. The molecule has 1 saturated heterocycles. The van der Waals surface area contributed by atoms with Crippen LogP contribution >= 0.6 is 34.7 Å². The lowest BCUT2D eigenvalue weighted by atomic mass is 10.2. The van der Waals surface area contributed by atoms with E-state index in [1.54, 1.807) is 0 Å². The summed E-state index contributed by atoms with van der Waals surface area (Å²) in [6.45, 7) is 3.84. The molecule has 1 aliphatic heterocycles. The summed E-state index contributed by atoms with van der Waals surface area (Å²) >= 11 is 8.92. The van der Waals surface area contributed by atoms with Gasteiger partial charge in [0.2, 0.25) is 5.13 Å². The molecule has 1 aliphatic rings. The normalized spacial score (nSPS) is 21.0. The van der Waals surface area contributed by atoms with Crippen molar-refractivity contribution in [3.8, 4) is 0 Å². The molecule has 22 heavy (non-hydrogen) atoms. The van der Waals surface area contributed by atoms with Crippen LogP contribution in [0, 0.1) is 6.92 Å². The van der Waals surface area contributed by atoms with Gasteiger partial charge >= 0.3 is 5.97 Å². The maximum atomic E-state index is 11.7. The SMILES string of the molecule is Cc1c(Cl)cccc1Nc1nnc(S[C@H]2C[C@H](C)OC2=O)s1. The zero-order valence-electron chi connectivity index (χ0n) is 12.0. The standard InChI is InChI=1S/C14H14ClN3O2S2/c1-7-6-11(12(19)20-7)21-14-18-17-13(22-14)16-10-5-3-4-9(15)8(10)2/h3-5,7,11H,6H2,1-2H3,(H,16,17)/t7-,11-/m0/s1. The summed E-state index contributed by atoms with van der Waals surface area (Å²) < 4.78 is 5.89. The van der Waals surface area contributed by atoms with Gasteiger partial charge in [-0.15, -0.1) is 10.2 Å². The topological polar surface area (TPSA) is 64.1 Å². The Hall–Kier alpha value is -1.31. The van der Waals surface area contributed by atoms with E-state index < -0.39 is 0 Å². The first kappa shape index (κ1) is 15.6.